The highest BCUT2D eigenvalue weighted by Gasteiger charge is 2.30. The Kier molecular flexibility index (Phi) is 4.35. The lowest BCUT2D eigenvalue weighted by atomic mass is 10.0. The summed E-state index contributed by atoms with van der Waals surface area (Å²) in [6, 6.07) is 0.458. The third-order valence-electron chi connectivity index (χ3n) is 3.09. The number of hydrogen-bond donors (Lipinski definition) is 1. The van der Waals surface area contributed by atoms with E-state index in [0.29, 0.717) is 18.5 Å². The van der Waals surface area contributed by atoms with Gasteiger partial charge < -0.3 is 10.5 Å². The van der Waals surface area contributed by atoms with Crippen LogP contribution in [0.3, 0.4) is 0 Å². The first-order valence-corrected chi connectivity index (χ1v) is 5.16. The number of nitrogens with two attached hydrogens (primary N) is 1. The second-order valence-electron chi connectivity index (χ2n) is 3.99. The SMILES string of the molecule is COC(=O)CN(C)C1CCCC1CN. The first kappa shape index (κ1) is 11.5. The first-order chi connectivity index (χ1) is 6.69. The summed E-state index contributed by atoms with van der Waals surface area (Å²) in [6.07, 6.45) is 3.56. The van der Waals surface area contributed by atoms with Gasteiger partial charge in [-0.15, -0.1) is 0 Å². The third-order valence-corrected chi connectivity index (χ3v) is 3.09. The Bertz CT molecular complexity index is 197. The zero-order chi connectivity index (χ0) is 10.6. The van der Waals surface area contributed by atoms with E-state index in [-0.39, 0.29) is 5.97 Å². The van der Waals surface area contributed by atoms with Crippen LogP contribution in [-0.2, 0) is 9.53 Å². The second-order valence-corrected chi connectivity index (χ2v) is 3.99. The van der Waals surface area contributed by atoms with E-state index in [9.17, 15) is 4.79 Å². The predicted octanol–water partition coefficient (Wildman–Crippen LogP) is 0.219. The number of nitrogens with zero attached hydrogens (tertiary/aromatic N) is 1. The van der Waals surface area contributed by atoms with Gasteiger partial charge in [0, 0.05) is 6.04 Å². The molecular formula is C10H20N2O2. The Balaban J connectivity index is 2.42. The van der Waals surface area contributed by atoms with Crippen molar-refractivity contribution in [3.8, 4) is 0 Å². The number of methoxy groups -OCH3 is 1. The van der Waals surface area contributed by atoms with Crippen LogP contribution in [0.2, 0.25) is 0 Å². The average Bonchev–Trinajstić information content (AvgIpc) is 2.65. The van der Waals surface area contributed by atoms with Crippen LogP contribution in [0.25, 0.3) is 0 Å². The lowest BCUT2D eigenvalue weighted by Gasteiger charge is -2.27. The van der Waals surface area contributed by atoms with Crippen LogP contribution in [0.4, 0.5) is 0 Å². The van der Waals surface area contributed by atoms with E-state index < -0.39 is 0 Å². The smallest absolute Gasteiger partial charge is 0.319 e. The Morgan fingerprint density at radius 2 is 2.29 bits per heavy atom. The molecule has 14 heavy (non-hydrogen) atoms. The van der Waals surface area contributed by atoms with E-state index in [1.807, 2.05) is 7.05 Å². The topological polar surface area (TPSA) is 55.6 Å². The molecule has 82 valence electrons. The molecule has 1 fully saturated rings. The Morgan fingerprint density at radius 1 is 1.57 bits per heavy atom. The minimum absolute atomic E-state index is 0.171. The number of hydrogen-bond acceptors (Lipinski definition) is 4. The molecule has 0 aromatic carbocycles. The maximum atomic E-state index is 11.1. The standard InChI is InChI=1S/C10H20N2O2/c1-12(7-10(13)14-2)9-5-3-4-8(9)6-11/h8-9H,3-7,11H2,1-2H3. The molecule has 1 rings (SSSR count). The van der Waals surface area contributed by atoms with Crippen LogP contribution in [-0.4, -0.2) is 44.2 Å². The summed E-state index contributed by atoms with van der Waals surface area (Å²) >= 11 is 0. The van der Waals surface area contributed by atoms with Crippen LogP contribution >= 0.6 is 0 Å². The summed E-state index contributed by atoms with van der Waals surface area (Å²) in [5.41, 5.74) is 5.68. The van der Waals surface area contributed by atoms with Crippen molar-refractivity contribution < 1.29 is 9.53 Å². The molecule has 4 heteroatoms. The summed E-state index contributed by atoms with van der Waals surface area (Å²) in [5.74, 6) is 0.375. The number of likely N-dealkylation sites (N-methyl/N-ethyl adjacent to an activating group) is 1. The fourth-order valence-electron chi connectivity index (χ4n) is 2.26. The molecule has 0 radical (unpaired) electrons. The largest absolute Gasteiger partial charge is 0.468 e. The highest BCUT2D eigenvalue weighted by atomic mass is 16.5. The first-order valence-electron chi connectivity index (χ1n) is 5.16. The molecule has 2 atom stereocenters. The molecule has 0 saturated heterocycles. The summed E-state index contributed by atoms with van der Waals surface area (Å²) < 4.78 is 4.64. The van der Waals surface area contributed by atoms with Crippen molar-refractivity contribution in [3.63, 3.8) is 0 Å². The van der Waals surface area contributed by atoms with Crippen molar-refractivity contribution in [1.29, 1.82) is 0 Å². The van der Waals surface area contributed by atoms with Crippen molar-refractivity contribution in [2.24, 2.45) is 11.7 Å². The van der Waals surface area contributed by atoms with Gasteiger partial charge in [-0.3, -0.25) is 9.69 Å². The van der Waals surface area contributed by atoms with Crippen LogP contribution in [0.5, 0.6) is 0 Å². The summed E-state index contributed by atoms with van der Waals surface area (Å²) in [5, 5.41) is 0. The van der Waals surface area contributed by atoms with E-state index in [2.05, 4.69) is 9.64 Å². The number of ether oxygens (including phenoxy) is 1. The van der Waals surface area contributed by atoms with Gasteiger partial charge in [0.25, 0.3) is 0 Å². The lowest BCUT2D eigenvalue weighted by Crippen LogP contribution is -2.40. The highest BCUT2D eigenvalue weighted by Crippen LogP contribution is 2.28. The Hall–Kier alpha value is -0.610. The fraction of sp³-hybridized carbons (Fsp3) is 0.900. The van der Waals surface area contributed by atoms with Gasteiger partial charge in [-0.05, 0) is 32.4 Å². The van der Waals surface area contributed by atoms with E-state index >= 15 is 0 Å². The maximum absolute atomic E-state index is 11.1. The van der Waals surface area contributed by atoms with E-state index in [1.54, 1.807) is 0 Å². The van der Waals surface area contributed by atoms with Crippen LogP contribution < -0.4 is 5.73 Å². The van der Waals surface area contributed by atoms with Crippen molar-refractivity contribution in [3.05, 3.63) is 0 Å². The van der Waals surface area contributed by atoms with E-state index in [4.69, 9.17) is 5.73 Å². The molecule has 0 spiro atoms. The van der Waals surface area contributed by atoms with Gasteiger partial charge in [0.2, 0.25) is 0 Å². The van der Waals surface area contributed by atoms with E-state index in [1.165, 1.54) is 20.0 Å². The predicted molar refractivity (Wildman–Crippen MR) is 54.8 cm³/mol. The molecule has 2 N–H and O–H groups in total. The van der Waals surface area contributed by atoms with Gasteiger partial charge >= 0.3 is 5.97 Å². The minimum Gasteiger partial charge on any atom is -0.468 e. The molecule has 0 aromatic rings. The molecule has 4 nitrogen and oxygen atoms in total. The molecule has 0 aliphatic heterocycles. The highest BCUT2D eigenvalue weighted by molar-refractivity contribution is 5.71. The van der Waals surface area contributed by atoms with Gasteiger partial charge in [0.1, 0.15) is 0 Å². The zero-order valence-electron chi connectivity index (χ0n) is 9.03. The lowest BCUT2D eigenvalue weighted by molar-refractivity contribution is -0.142. The van der Waals surface area contributed by atoms with E-state index in [0.717, 1.165) is 13.0 Å². The molecular weight excluding hydrogens is 180 g/mol. The average molecular weight is 200 g/mol. The van der Waals surface area contributed by atoms with Gasteiger partial charge in [-0.25, -0.2) is 0 Å². The monoisotopic (exact) mass is 200 g/mol. The minimum atomic E-state index is -0.171. The molecule has 2 unspecified atom stereocenters. The van der Waals surface area contributed by atoms with Crippen molar-refractivity contribution in [2.45, 2.75) is 25.3 Å². The number of carbonyl (C=O) groups excluding carboxylic acids is 1. The summed E-state index contributed by atoms with van der Waals surface area (Å²) in [6.45, 7) is 1.09. The number of rotatable bonds is 4. The quantitative estimate of drug-likeness (QED) is 0.659. The van der Waals surface area contributed by atoms with Crippen molar-refractivity contribution >= 4 is 5.97 Å². The van der Waals surface area contributed by atoms with Crippen molar-refractivity contribution in [2.75, 3.05) is 27.2 Å². The molecule has 0 aromatic heterocycles. The van der Waals surface area contributed by atoms with Crippen LogP contribution in [0.15, 0.2) is 0 Å². The van der Waals surface area contributed by atoms with Crippen molar-refractivity contribution in [1.82, 2.24) is 4.90 Å². The van der Waals surface area contributed by atoms with Crippen LogP contribution in [0, 0.1) is 5.92 Å². The summed E-state index contributed by atoms with van der Waals surface area (Å²) in [7, 11) is 3.39. The Morgan fingerprint density at radius 3 is 2.86 bits per heavy atom. The molecule has 1 aliphatic carbocycles. The Labute approximate surface area is 85.4 Å². The molecule has 1 saturated carbocycles. The van der Waals surface area contributed by atoms with Gasteiger partial charge in [0.05, 0.1) is 13.7 Å². The molecule has 0 heterocycles. The number of esters is 1. The van der Waals surface area contributed by atoms with Gasteiger partial charge in [-0.1, -0.05) is 6.42 Å². The zero-order valence-corrected chi connectivity index (χ0v) is 9.03. The molecule has 0 amide bonds. The summed E-state index contributed by atoms with van der Waals surface area (Å²) in [4.78, 5) is 13.1. The van der Waals surface area contributed by atoms with Crippen LogP contribution in [0.1, 0.15) is 19.3 Å². The fourth-order valence-corrected chi connectivity index (χ4v) is 2.26. The normalized spacial score (nSPS) is 26.9. The van der Waals surface area contributed by atoms with Gasteiger partial charge in [0.15, 0.2) is 0 Å². The second kappa shape index (κ2) is 5.32. The molecule has 0 bridgehead atoms. The third kappa shape index (κ3) is 2.69. The van der Waals surface area contributed by atoms with Gasteiger partial charge in [-0.2, -0.15) is 0 Å². The molecule has 1 aliphatic rings. The maximum Gasteiger partial charge on any atom is 0.319 e. The number of carbonyl (C=O) groups is 1.